The van der Waals surface area contributed by atoms with Gasteiger partial charge in [-0.3, -0.25) is 5.73 Å². The second-order valence-corrected chi connectivity index (χ2v) is 26.1. The summed E-state index contributed by atoms with van der Waals surface area (Å²) in [6, 6.07) is 29.9. The van der Waals surface area contributed by atoms with Gasteiger partial charge in [0.05, 0.1) is 27.4 Å². The maximum Gasteiger partial charge on any atom is 0.435 e. The van der Waals surface area contributed by atoms with Crippen molar-refractivity contribution in [3.8, 4) is 23.0 Å². The van der Waals surface area contributed by atoms with Crippen LogP contribution in [0.3, 0.4) is 0 Å². The number of ether oxygens (including phenoxy) is 6. The second kappa shape index (κ2) is 27.8. The topological polar surface area (TPSA) is 102 Å². The Labute approximate surface area is 479 Å². The summed E-state index contributed by atoms with van der Waals surface area (Å²) in [5.74, 6) is 4.66. The fourth-order valence-electron chi connectivity index (χ4n) is 12.5. The summed E-state index contributed by atoms with van der Waals surface area (Å²) in [7, 11) is 6.88. The van der Waals surface area contributed by atoms with Crippen molar-refractivity contribution < 1.29 is 73.0 Å². The number of aliphatic hydroxyl groups excluding tert-OH is 1. The number of rotatable bonds is 30. The number of nitrogens with two attached hydrogens (primary N) is 1. The number of methoxy groups -OCH3 is 2. The molecule has 0 radical (unpaired) electrons. The van der Waals surface area contributed by atoms with Crippen molar-refractivity contribution in [2.24, 2.45) is 28.9 Å². The predicted octanol–water partition coefficient (Wildman–Crippen LogP) is 16.7. The molecule has 2 fully saturated rings. The van der Waals surface area contributed by atoms with Gasteiger partial charge in [-0.2, -0.15) is 39.5 Å². The lowest BCUT2D eigenvalue weighted by molar-refractivity contribution is -0.457. The van der Waals surface area contributed by atoms with Crippen LogP contribution in [-0.4, -0.2) is 86.6 Å². The largest absolute Gasteiger partial charge is 0.497 e. The third-order valence-electron chi connectivity index (χ3n) is 17.1. The van der Waals surface area contributed by atoms with Crippen LogP contribution in [0.4, 0.5) is 39.5 Å². The number of halogens is 9. The van der Waals surface area contributed by atoms with Gasteiger partial charge < -0.3 is 33.5 Å². The molecule has 450 valence electrons. The first-order chi connectivity index (χ1) is 38.4. The van der Waals surface area contributed by atoms with Crippen molar-refractivity contribution in [1.29, 1.82) is 0 Å². The van der Waals surface area contributed by atoms with Gasteiger partial charge in [0.25, 0.3) is 0 Å². The molecule has 2 saturated carbocycles. The normalized spacial score (nSPS) is 20.5. The van der Waals surface area contributed by atoms with E-state index in [1.54, 1.807) is 25.0 Å². The van der Waals surface area contributed by atoms with E-state index in [2.05, 4.69) is 37.6 Å². The minimum Gasteiger partial charge on any atom is -0.497 e. The van der Waals surface area contributed by atoms with Crippen LogP contribution in [0.15, 0.2) is 91.0 Å². The first-order valence-corrected chi connectivity index (χ1v) is 30.7. The molecule has 3 aliphatic rings. The molecule has 3 N–H and O–H groups in total. The SMILES string of the molecule is COc1ccc(C(OC[C@H](CO)CCCCCCSSC(C)(C)CCOc2cc3c(cc2O[C@H](N)CCCCOC(C(F)(F)F)(C(F)(F)F)C(F)(F)F)[C@H]2CC[C@]4(C)CCC[C@H]4[C@@H]2CC3)(c2ccccc2)c2ccc(OC)cc2)cc1. The lowest BCUT2D eigenvalue weighted by Crippen LogP contribution is -2.67. The number of unbranched alkanes of at least 4 members (excludes halogenated alkanes) is 4. The number of alkyl halides is 9. The second-order valence-electron chi connectivity index (χ2n) is 23.0. The van der Waals surface area contributed by atoms with E-state index in [0.29, 0.717) is 54.3 Å². The minimum atomic E-state index is -6.79. The van der Waals surface area contributed by atoms with Crippen LogP contribution in [-0.2, 0) is 21.5 Å². The Hall–Kier alpha value is -4.01. The standard InChI is InChI=1S/C62H80F9NO7S2/c1-56(2,81-80-37-14-7-6-9-16-42(40-73)41-78-58(44-17-10-8-11-18-44,45-22-26-47(74-4)27-23-45)46-24-28-48(75-5)29-25-46)34-36-76-53-38-43-21-30-50-49(31-33-57(3)32-15-19-52(50)57)51(43)39-54(53)79-55(72)20-12-13-35-77-59(60(63,64)65,61(66,67)68)62(69,70)71/h8,10-11,17-18,22-29,38-39,42,49-50,52,55,73H,6-7,9,12-16,19-21,30-37,40-41,72H2,1-5H3/t42-,49-,50+,52-,55-,57-/m0/s1. The molecule has 8 nitrogen and oxygen atoms in total. The number of aryl methyl sites for hydroxylation is 1. The van der Waals surface area contributed by atoms with Gasteiger partial charge in [-0.15, -0.1) is 0 Å². The summed E-state index contributed by atoms with van der Waals surface area (Å²) >= 11 is 0. The highest BCUT2D eigenvalue weighted by molar-refractivity contribution is 8.77. The zero-order valence-corrected chi connectivity index (χ0v) is 48.7. The van der Waals surface area contributed by atoms with Crippen LogP contribution in [0, 0.1) is 23.2 Å². The van der Waals surface area contributed by atoms with Crippen LogP contribution < -0.4 is 24.7 Å². The molecule has 19 heteroatoms. The third-order valence-corrected chi connectivity index (χ3v) is 20.5. The van der Waals surface area contributed by atoms with E-state index >= 15 is 0 Å². The molecule has 0 unspecified atom stereocenters. The Balaban J connectivity index is 0.897. The summed E-state index contributed by atoms with van der Waals surface area (Å²) in [4.78, 5) is 0. The summed E-state index contributed by atoms with van der Waals surface area (Å²) < 4.78 is 155. The molecule has 0 aromatic heterocycles. The Morgan fingerprint density at radius 1 is 0.679 bits per heavy atom. The molecule has 0 amide bonds. The first kappa shape index (κ1) is 64.5. The highest BCUT2D eigenvalue weighted by Gasteiger charge is 2.85. The molecule has 4 aromatic rings. The van der Waals surface area contributed by atoms with Crippen molar-refractivity contribution in [1.82, 2.24) is 0 Å². The van der Waals surface area contributed by atoms with Crippen molar-refractivity contribution in [2.75, 3.05) is 46.4 Å². The van der Waals surface area contributed by atoms with Crippen molar-refractivity contribution >= 4 is 21.6 Å². The molecule has 0 bridgehead atoms. The van der Waals surface area contributed by atoms with E-state index < -0.39 is 49.0 Å². The van der Waals surface area contributed by atoms with E-state index in [0.717, 1.165) is 91.7 Å². The van der Waals surface area contributed by atoms with Crippen LogP contribution in [0.1, 0.15) is 151 Å². The number of hydrogen-bond donors (Lipinski definition) is 2. The Bertz CT molecular complexity index is 2480. The average Bonchev–Trinajstić information content (AvgIpc) is 4.03. The zero-order valence-electron chi connectivity index (χ0n) is 47.1. The summed E-state index contributed by atoms with van der Waals surface area (Å²) in [6.45, 7) is 5.94. The molecule has 3 aliphatic carbocycles. The fourth-order valence-corrected chi connectivity index (χ4v) is 15.2. The minimum absolute atomic E-state index is 0.00876. The third kappa shape index (κ3) is 15.3. The summed E-state index contributed by atoms with van der Waals surface area (Å²) in [5.41, 5.74) is 4.60. The van der Waals surface area contributed by atoms with Gasteiger partial charge in [-0.1, -0.05) is 109 Å². The highest BCUT2D eigenvalue weighted by atomic mass is 33.1. The lowest BCUT2D eigenvalue weighted by atomic mass is 9.56. The highest BCUT2D eigenvalue weighted by Crippen LogP contribution is 2.62. The number of hydrogen-bond acceptors (Lipinski definition) is 10. The summed E-state index contributed by atoms with van der Waals surface area (Å²) in [6.07, 6.45) is -9.05. The zero-order chi connectivity index (χ0) is 58.7. The number of fused-ring (bicyclic) bond motifs is 5. The van der Waals surface area contributed by atoms with Crippen LogP contribution in [0.25, 0.3) is 0 Å². The van der Waals surface area contributed by atoms with Crippen molar-refractivity contribution in [3.63, 3.8) is 0 Å². The fraction of sp³-hybridized carbons (Fsp3) is 0.613. The quantitative estimate of drug-likeness (QED) is 0.0173. The van der Waals surface area contributed by atoms with Gasteiger partial charge in [0.1, 0.15) is 23.3 Å². The predicted molar refractivity (Wildman–Crippen MR) is 301 cm³/mol. The van der Waals surface area contributed by atoms with E-state index in [-0.39, 0.29) is 30.1 Å². The maximum absolute atomic E-state index is 13.4. The lowest BCUT2D eigenvalue weighted by Gasteiger charge is -2.49. The summed E-state index contributed by atoms with van der Waals surface area (Å²) in [5, 5.41) is 10.6. The van der Waals surface area contributed by atoms with Crippen LogP contribution in [0.2, 0.25) is 0 Å². The molecule has 4 aromatic carbocycles. The van der Waals surface area contributed by atoms with E-state index in [4.69, 9.17) is 29.4 Å². The molecule has 0 heterocycles. The average molecular weight is 1190 g/mol. The smallest absolute Gasteiger partial charge is 0.435 e. The number of aliphatic hydroxyl groups is 1. The van der Waals surface area contributed by atoms with Gasteiger partial charge in [-0.05, 0) is 178 Å². The maximum atomic E-state index is 13.4. The van der Waals surface area contributed by atoms with E-state index in [1.807, 2.05) is 89.7 Å². The van der Waals surface area contributed by atoms with Crippen molar-refractivity contribution in [3.05, 3.63) is 119 Å². The molecule has 0 aliphatic heterocycles. The van der Waals surface area contributed by atoms with Gasteiger partial charge in [0, 0.05) is 29.6 Å². The number of benzene rings is 4. The van der Waals surface area contributed by atoms with Crippen LogP contribution in [0.5, 0.6) is 23.0 Å². The molecular formula is C62H80F9NO7S2. The molecule has 0 saturated heterocycles. The Morgan fingerprint density at radius 3 is 1.89 bits per heavy atom. The van der Waals surface area contributed by atoms with Gasteiger partial charge in [0.15, 0.2) is 11.5 Å². The van der Waals surface area contributed by atoms with Crippen molar-refractivity contribution in [2.45, 2.75) is 170 Å². The van der Waals surface area contributed by atoms with E-state index in [9.17, 15) is 44.6 Å². The first-order valence-electron chi connectivity index (χ1n) is 28.4. The monoisotopic (exact) mass is 1190 g/mol. The van der Waals surface area contributed by atoms with Crippen LogP contribution >= 0.6 is 21.6 Å². The Morgan fingerprint density at radius 2 is 1.28 bits per heavy atom. The molecule has 0 spiro atoms. The molecular weight excluding hydrogens is 1110 g/mol. The Kier molecular flexibility index (Phi) is 22.2. The van der Waals surface area contributed by atoms with E-state index in [1.165, 1.54) is 30.4 Å². The van der Waals surface area contributed by atoms with Gasteiger partial charge >= 0.3 is 24.1 Å². The van der Waals surface area contributed by atoms with Gasteiger partial charge in [-0.25, -0.2) is 0 Å². The molecule has 7 rings (SSSR count). The van der Waals surface area contributed by atoms with Gasteiger partial charge in [0.2, 0.25) is 0 Å². The molecule has 81 heavy (non-hydrogen) atoms. The molecule has 6 atom stereocenters.